The van der Waals surface area contributed by atoms with Gasteiger partial charge in [0.1, 0.15) is 12.4 Å². The van der Waals surface area contributed by atoms with Gasteiger partial charge in [-0.15, -0.1) is 0 Å². The first kappa shape index (κ1) is 14.1. The molecule has 1 N–H and O–H groups in total. The van der Waals surface area contributed by atoms with Gasteiger partial charge in [0.05, 0.1) is 0 Å². The van der Waals surface area contributed by atoms with Crippen molar-refractivity contribution in [2.45, 2.75) is 45.1 Å². The zero-order chi connectivity index (χ0) is 13.7. The number of rotatable bonds is 6. The maximum Gasteiger partial charge on any atom is 0.245 e. The molecule has 5 heteroatoms. The van der Waals surface area contributed by atoms with Gasteiger partial charge in [-0.25, -0.2) is 4.98 Å². The molecule has 0 atom stereocenters. The summed E-state index contributed by atoms with van der Waals surface area (Å²) in [5.74, 6) is 1.01. The summed E-state index contributed by atoms with van der Waals surface area (Å²) in [4.78, 5) is 15.8. The second-order valence-electron chi connectivity index (χ2n) is 5.16. The van der Waals surface area contributed by atoms with Crippen LogP contribution < -0.4 is 5.32 Å². The number of aromatic nitrogens is 2. The van der Waals surface area contributed by atoms with E-state index in [1.54, 1.807) is 0 Å². The summed E-state index contributed by atoms with van der Waals surface area (Å²) in [6.45, 7) is 2.85. The molecule has 0 spiro atoms. The SMILES string of the molecule is COCC(=O)NCCc1ncc(C)n1C1CCCC1. The van der Waals surface area contributed by atoms with E-state index >= 15 is 0 Å². The van der Waals surface area contributed by atoms with Crippen molar-refractivity contribution in [3.63, 3.8) is 0 Å². The van der Waals surface area contributed by atoms with Crippen LogP contribution >= 0.6 is 0 Å². The minimum Gasteiger partial charge on any atom is -0.375 e. The molecule has 1 aromatic heterocycles. The van der Waals surface area contributed by atoms with E-state index in [9.17, 15) is 4.79 Å². The molecule has 106 valence electrons. The standard InChI is InChI=1S/C14H23N3O2/c1-11-9-16-13(7-8-15-14(18)10-19-2)17(11)12-5-3-4-6-12/h9,12H,3-8,10H2,1-2H3,(H,15,18). The first-order valence-corrected chi connectivity index (χ1v) is 7.00. The lowest BCUT2D eigenvalue weighted by molar-refractivity contribution is -0.124. The van der Waals surface area contributed by atoms with Gasteiger partial charge in [-0.3, -0.25) is 4.79 Å². The minimum absolute atomic E-state index is 0.0711. The van der Waals surface area contributed by atoms with Gasteiger partial charge in [-0.05, 0) is 19.8 Å². The maximum absolute atomic E-state index is 11.3. The third kappa shape index (κ3) is 3.56. The van der Waals surface area contributed by atoms with Gasteiger partial charge in [0, 0.05) is 38.0 Å². The lowest BCUT2D eigenvalue weighted by atomic mass is 10.2. The van der Waals surface area contributed by atoms with Crippen LogP contribution in [-0.2, 0) is 16.0 Å². The highest BCUT2D eigenvalue weighted by molar-refractivity contribution is 5.77. The van der Waals surface area contributed by atoms with Crippen molar-refractivity contribution in [2.75, 3.05) is 20.3 Å². The molecule has 1 heterocycles. The number of hydrogen-bond donors (Lipinski definition) is 1. The van der Waals surface area contributed by atoms with Gasteiger partial charge >= 0.3 is 0 Å². The summed E-state index contributed by atoms with van der Waals surface area (Å²) in [5.41, 5.74) is 1.23. The molecule has 1 aliphatic carbocycles. The van der Waals surface area contributed by atoms with E-state index in [4.69, 9.17) is 4.74 Å². The summed E-state index contributed by atoms with van der Waals surface area (Å²) in [6, 6.07) is 0.604. The van der Waals surface area contributed by atoms with Crippen LogP contribution in [-0.4, -0.2) is 35.7 Å². The van der Waals surface area contributed by atoms with Crippen molar-refractivity contribution in [2.24, 2.45) is 0 Å². The van der Waals surface area contributed by atoms with Gasteiger partial charge in [-0.2, -0.15) is 0 Å². The van der Waals surface area contributed by atoms with E-state index in [-0.39, 0.29) is 12.5 Å². The number of methoxy groups -OCH3 is 1. The fourth-order valence-corrected chi connectivity index (χ4v) is 2.84. The second-order valence-corrected chi connectivity index (χ2v) is 5.16. The molecule has 1 aliphatic rings. The Bertz CT molecular complexity index is 422. The molecule has 5 nitrogen and oxygen atoms in total. The summed E-state index contributed by atoms with van der Waals surface area (Å²) < 4.78 is 7.14. The van der Waals surface area contributed by atoms with E-state index in [0.29, 0.717) is 12.6 Å². The second kappa shape index (κ2) is 6.70. The number of aryl methyl sites for hydroxylation is 1. The van der Waals surface area contributed by atoms with E-state index in [2.05, 4.69) is 21.8 Å². The van der Waals surface area contributed by atoms with Crippen molar-refractivity contribution in [3.8, 4) is 0 Å². The van der Waals surface area contributed by atoms with Crippen LogP contribution in [0.15, 0.2) is 6.20 Å². The van der Waals surface area contributed by atoms with Crippen LogP contribution in [0.4, 0.5) is 0 Å². The molecule has 19 heavy (non-hydrogen) atoms. The lowest BCUT2D eigenvalue weighted by Gasteiger charge is -2.17. The molecule has 0 radical (unpaired) electrons. The minimum atomic E-state index is -0.0711. The molecule has 1 aromatic rings. The molecule has 2 rings (SSSR count). The molecule has 0 bridgehead atoms. The van der Waals surface area contributed by atoms with Crippen LogP contribution in [0, 0.1) is 6.92 Å². The van der Waals surface area contributed by atoms with Gasteiger partial charge in [-0.1, -0.05) is 12.8 Å². The number of hydrogen-bond acceptors (Lipinski definition) is 3. The van der Waals surface area contributed by atoms with Crippen LogP contribution in [0.25, 0.3) is 0 Å². The third-order valence-electron chi connectivity index (χ3n) is 3.69. The van der Waals surface area contributed by atoms with Gasteiger partial charge in [0.25, 0.3) is 0 Å². The summed E-state index contributed by atoms with van der Waals surface area (Å²) in [6.07, 6.45) is 7.84. The first-order chi connectivity index (χ1) is 9.22. The monoisotopic (exact) mass is 265 g/mol. The first-order valence-electron chi connectivity index (χ1n) is 7.00. The van der Waals surface area contributed by atoms with Crippen molar-refractivity contribution >= 4 is 5.91 Å². The van der Waals surface area contributed by atoms with Gasteiger partial charge in [0.15, 0.2) is 0 Å². The molecule has 1 amide bonds. The molecule has 0 aromatic carbocycles. The highest BCUT2D eigenvalue weighted by atomic mass is 16.5. The largest absolute Gasteiger partial charge is 0.375 e. The smallest absolute Gasteiger partial charge is 0.245 e. The topological polar surface area (TPSA) is 56.1 Å². The fraction of sp³-hybridized carbons (Fsp3) is 0.714. The fourth-order valence-electron chi connectivity index (χ4n) is 2.84. The Kier molecular flexibility index (Phi) is 4.96. The van der Waals surface area contributed by atoms with E-state index in [1.165, 1.54) is 38.5 Å². The zero-order valence-electron chi connectivity index (χ0n) is 11.8. The maximum atomic E-state index is 11.3. The lowest BCUT2D eigenvalue weighted by Crippen LogP contribution is -2.29. The molecular weight excluding hydrogens is 242 g/mol. The zero-order valence-corrected chi connectivity index (χ0v) is 11.8. The highest BCUT2D eigenvalue weighted by Gasteiger charge is 2.20. The number of imidazole rings is 1. The molecule has 0 unspecified atom stereocenters. The Balaban J connectivity index is 1.91. The quantitative estimate of drug-likeness (QED) is 0.850. The Morgan fingerprint density at radius 1 is 1.53 bits per heavy atom. The van der Waals surface area contributed by atoms with Crippen LogP contribution in [0.2, 0.25) is 0 Å². The number of carbonyl (C=O) groups is 1. The predicted molar refractivity (Wildman–Crippen MR) is 73.1 cm³/mol. The Morgan fingerprint density at radius 3 is 2.95 bits per heavy atom. The third-order valence-corrected chi connectivity index (χ3v) is 3.69. The summed E-state index contributed by atoms with van der Waals surface area (Å²) in [5, 5.41) is 2.84. The van der Waals surface area contributed by atoms with Gasteiger partial charge in [0.2, 0.25) is 5.91 Å². The average Bonchev–Trinajstić information content (AvgIpc) is 2.99. The van der Waals surface area contributed by atoms with Crippen LogP contribution in [0.5, 0.6) is 0 Å². The van der Waals surface area contributed by atoms with Crippen molar-refractivity contribution in [1.82, 2.24) is 14.9 Å². The molecule has 0 saturated heterocycles. The number of nitrogens with zero attached hydrogens (tertiary/aromatic N) is 2. The van der Waals surface area contributed by atoms with Crippen molar-refractivity contribution in [3.05, 3.63) is 17.7 Å². The van der Waals surface area contributed by atoms with Crippen LogP contribution in [0.3, 0.4) is 0 Å². The van der Waals surface area contributed by atoms with Gasteiger partial charge < -0.3 is 14.6 Å². The Labute approximate surface area is 114 Å². The van der Waals surface area contributed by atoms with E-state index in [1.807, 2.05) is 6.20 Å². The molecular formula is C14H23N3O2. The molecule has 1 fully saturated rings. The van der Waals surface area contributed by atoms with Crippen LogP contribution in [0.1, 0.15) is 43.2 Å². The number of carbonyl (C=O) groups excluding carboxylic acids is 1. The van der Waals surface area contributed by atoms with Crippen molar-refractivity contribution < 1.29 is 9.53 Å². The number of amides is 1. The van der Waals surface area contributed by atoms with E-state index in [0.717, 1.165) is 12.2 Å². The molecule has 0 aliphatic heterocycles. The summed E-state index contributed by atoms with van der Waals surface area (Å²) in [7, 11) is 1.52. The highest BCUT2D eigenvalue weighted by Crippen LogP contribution is 2.31. The average molecular weight is 265 g/mol. The predicted octanol–water partition coefficient (Wildman–Crippen LogP) is 1.61. The Hall–Kier alpha value is -1.36. The summed E-state index contributed by atoms with van der Waals surface area (Å²) >= 11 is 0. The van der Waals surface area contributed by atoms with E-state index < -0.39 is 0 Å². The number of ether oxygens (including phenoxy) is 1. The Morgan fingerprint density at radius 2 is 2.26 bits per heavy atom. The van der Waals surface area contributed by atoms with Crippen molar-refractivity contribution in [1.29, 1.82) is 0 Å². The normalized spacial score (nSPS) is 15.9. The number of nitrogens with one attached hydrogen (secondary N) is 1. The molecule has 1 saturated carbocycles.